The third-order valence-electron chi connectivity index (χ3n) is 3.61. The number of aromatic nitrogens is 2. The van der Waals surface area contributed by atoms with E-state index in [4.69, 9.17) is 0 Å². The second-order valence-corrected chi connectivity index (χ2v) is 6.04. The van der Waals surface area contributed by atoms with Gasteiger partial charge in [-0.2, -0.15) is 5.10 Å². The summed E-state index contributed by atoms with van der Waals surface area (Å²) < 4.78 is 1.89. The SMILES string of the molecule is CC(C)CC1CNC(C)CN1Cc1cnn(C)c1. The van der Waals surface area contributed by atoms with E-state index >= 15 is 0 Å². The van der Waals surface area contributed by atoms with Crippen LogP contribution in [-0.2, 0) is 13.6 Å². The summed E-state index contributed by atoms with van der Waals surface area (Å²) in [5, 5.41) is 7.86. The molecule has 1 saturated heterocycles. The van der Waals surface area contributed by atoms with Crippen LogP contribution in [0.25, 0.3) is 0 Å². The molecular weight excluding hydrogens is 224 g/mol. The van der Waals surface area contributed by atoms with Crippen molar-refractivity contribution >= 4 is 0 Å². The molecule has 0 amide bonds. The fourth-order valence-electron chi connectivity index (χ4n) is 2.79. The normalized spacial score (nSPS) is 25.8. The zero-order chi connectivity index (χ0) is 13.1. The highest BCUT2D eigenvalue weighted by Crippen LogP contribution is 2.18. The van der Waals surface area contributed by atoms with Crippen LogP contribution in [0, 0.1) is 5.92 Å². The summed E-state index contributed by atoms with van der Waals surface area (Å²) in [5.41, 5.74) is 1.32. The van der Waals surface area contributed by atoms with E-state index in [0.717, 1.165) is 25.6 Å². The van der Waals surface area contributed by atoms with Crippen molar-refractivity contribution in [2.75, 3.05) is 13.1 Å². The molecule has 0 spiro atoms. The quantitative estimate of drug-likeness (QED) is 0.881. The highest BCUT2D eigenvalue weighted by Gasteiger charge is 2.26. The molecule has 1 aromatic rings. The van der Waals surface area contributed by atoms with Gasteiger partial charge < -0.3 is 5.32 Å². The summed E-state index contributed by atoms with van der Waals surface area (Å²) in [6.07, 6.45) is 5.37. The molecule has 0 radical (unpaired) electrons. The Bertz CT molecular complexity index is 372. The maximum atomic E-state index is 4.26. The smallest absolute Gasteiger partial charge is 0.0534 e. The van der Waals surface area contributed by atoms with Gasteiger partial charge >= 0.3 is 0 Å². The Morgan fingerprint density at radius 2 is 2.28 bits per heavy atom. The van der Waals surface area contributed by atoms with Gasteiger partial charge in [0.1, 0.15) is 0 Å². The highest BCUT2D eigenvalue weighted by molar-refractivity contribution is 5.04. The van der Waals surface area contributed by atoms with Gasteiger partial charge in [0, 0.05) is 50.5 Å². The van der Waals surface area contributed by atoms with Crippen molar-refractivity contribution in [2.24, 2.45) is 13.0 Å². The molecule has 0 aromatic carbocycles. The minimum Gasteiger partial charge on any atom is -0.311 e. The van der Waals surface area contributed by atoms with Gasteiger partial charge in [-0.3, -0.25) is 9.58 Å². The molecule has 2 unspecified atom stereocenters. The lowest BCUT2D eigenvalue weighted by molar-refractivity contribution is 0.111. The molecule has 1 N–H and O–H groups in total. The van der Waals surface area contributed by atoms with E-state index in [9.17, 15) is 0 Å². The average molecular weight is 250 g/mol. The molecule has 18 heavy (non-hydrogen) atoms. The van der Waals surface area contributed by atoms with E-state index < -0.39 is 0 Å². The van der Waals surface area contributed by atoms with Crippen molar-refractivity contribution in [3.63, 3.8) is 0 Å². The van der Waals surface area contributed by atoms with Crippen LogP contribution in [0.4, 0.5) is 0 Å². The lowest BCUT2D eigenvalue weighted by Crippen LogP contribution is -2.55. The zero-order valence-electron chi connectivity index (χ0n) is 12.1. The first-order valence-electron chi connectivity index (χ1n) is 6.99. The number of nitrogens with one attached hydrogen (secondary N) is 1. The van der Waals surface area contributed by atoms with E-state index in [1.54, 1.807) is 0 Å². The summed E-state index contributed by atoms with van der Waals surface area (Å²) in [5.74, 6) is 0.751. The number of aryl methyl sites for hydroxylation is 1. The van der Waals surface area contributed by atoms with Crippen LogP contribution < -0.4 is 5.32 Å². The van der Waals surface area contributed by atoms with E-state index in [2.05, 4.69) is 42.3 Å². The van der Waals surface area contributed by atoms with E-state index in [1.165, 1.54) is 12.0 Å². The Labute approximate surface area is 110 Å². The lowest BCUT2D eigenvalue weighted by atomic mass is 9.99. The van der Waals surface area contributed by atoms with Crippen molar-refractivity contribution in [1.82, 2.24) is 20.0 Å². The molecule has 1 aliphatic heterocycles. The molecule has 0 aliphatic carbocycles. The summed E-state index contributed by atoms with van der Waals surface area (Å²) >= 11 is 0. The summed E-state index contributed by atoms with van der Waals surface area (Å²) in [6, 6.07) is 1.24. The van der Waals surface area contributed by atoms with Crippen LogP contribution >= 0.6 is 0 Å². The Morgan fingerprint density at radius 3 is 2.89 bits per heavy atom. The van der Waals surface area contributed by atoms with Gasteiger partial charge in [0.15, 0.2) is 0 Å². The van der Waals surface area contributed by atoms with E-state index in [1.807, 2.05) is 17.9 Å². The van der Waals surface area contributed by atoms with E-state index in [0.29, 0.717) is 12.1 Å². The molecule has 4 heteroatoms. The van der Waals surface area contributed by atoms with Crippen molar-refractivity contribution in [3.05, 3.63) is 18.0 Å². The van der Waals surface area contributed by atoms with Crippen LogP contribution in [0.3, 0.4) is 0 Å². The first kappa shape index (κ1) is 13.6. The molecule has 1 aromatic heterocycles. The Kier molecular flexibility index (Phi) is 4.40. The molecule has 102 valence electrons. The standard InChI is InChI=1S/C14H26N4/c1-11(2)5-14-7-15-12(3)8-18(14)10-13-6-16-17(4)9-13/h6,9,11-12,14-15H,5,7-8,10H2,1-4H3. The average Bonchev–Trinajstić information content (AvgIpc) is 2.67. The maximum absolute atomic E-state index is 4.26. The highest BCUT2D eigenvalue weighted by atomic mass is 15.3. The van der Waals surface area contributed by atoms with Crippen molar-refractivity contribution in [3.8, 4) is 0 Å². The number of hydrogen-bond acceptors (Lipinski definition) is 3. The number of rotatable bonds is 4. The van der Waals surface area contributed by atoms with Gasteiger partial charge in [-0.25, -0.2) is 0 Å². The number of nitrogens with zero attached hydrogens (tertiary/aromatic N) is 3. The second-order valence-electron chi connectivity index (χ2n) is 6.04. The topological polar surface area (TPSA) is 33.1 Å². The molecule has 0 bridgehead atoms. The lowest BCUT2D eigenvalue weighted by Gasteiger charge is -2.40. The molecular formula is C14H26N4. The van der Waals surface area contributed by atoms with Gasteiger partial charge in [-0.1, -0.05) is 13.8 Å². The molecule has 1 fully saturated rings. The fourth-order valence-corrected chi connectivity index (χ4v) is 2.79. The third-order valence-corrected chi connectivity index (χ3v) is 3.61. The zero-order valence-corrected chi connectivity index (χ0v) is 12.1. The van der Waals surface area contributed by atoms with Gasteiger partial charge in [0.05, 0.1) is 6.20 Å². The Hall–Kier alpha value is -0.870. The van der Waals surface area contributed by atoms with Gasteiger partial charge in [-0.15, -0.1) is 0 Å². The number of piperazine rings is 1. The molecule has 2 atom stereocenters. The van der Waals surface area contributed by atoms with Crippen molar-refractivity contribution in [1.29, 1.82) is 0 Å². The monoisotopic (exact) mass is 250 g/mol. The summed E-state index contributed by atoms with van der Waals surface area (Å²) in [6.45, 7) is 10.1. The summed E-state index contributed by atoms with van der Waals surface area (Å²) in [7, 11) is 1.98. The van der Waals surface area contributed by atoms with Gasteiger partial charge in [0.25, 0.3) is 0 Å². The maximum Gasteiger partial charge on any atom is 0.0534 e. The van der Waals surface area contributed by atoms with Gasteiger partial charge in [-0.05, 0) is 19.3 Å². The molecule has 4 nitrogen and oxygen atoms in total. The second kappa shape index (κ2) is 5.85. The first-order chi connectivity index (χ1) is 8.54. The third kappa shape index (κ3) is 3.56. The number of hydrogen-bond donors (Lipinski definition) is 1. The minimum atomic E-state index is 0.588. The minimum absolute atomic E-state index is 0.588. The van der Waals surface area contributed by atoms with Crippen LogP contribution in [0.5, 0.6) is 0 Å². The van der Waals surface area contributed by atoms with Crippen LogP contribution in [0.2, 0.25) is 0 Å². The van der Waals surface area contributed by atoms with Crippen molar-refractivity contribution in [2.45, 2.75) is 45.8 Å². The summed E-state index contributed by atoms with van der Waals surface area (Å²) in [4.78, 5) is 2.61. The van der Waals surface area contributed by atoms with Crippen LogP contribution in [0.1, 0.15) is 32.8 Å². The molecule has 1 aliphatic rings. The first-order valence-corrected chi connectivity index (χ1v) is 6.99. The predicted octanol–water partition coefficient (Wildman–Crippen LogP) is 1.63. The Morgan fingerprint density at radius 1 is 1.50 bits per heavy atom. The molecule has 2 heterocycles. The predicted molar refractivity (Wildman–Crippen MR) is 74.3 cm³/mol. The largest absolute Gasteiger partial charge is 0.311 e. The Balaban J connectivity index is 2.00. The van der Waals surface area contributed by atoms with Crippen LogP contribution in [0.15, 0.2) is 12.4 Å². The van der Waals surface area contributed by atoms with Crippen molar-refractivity contribution < 1.29 is 0 Å². The fraction of sp³-hybridized carbons (Fsp3) is 0.786. The molecule has 2 rings (SSSR count). The molecule has 0 saturated carbocycles. The van der Waals surface area contributed by atoms with Crippen LogP contribution in [-0.4, -0.2) is 39.9 Å². The van der Waals surface area contributed by atoms with Gasteiger partial charge in [0.2, 0.25) is 0 Å². The van der Waals surface area contributed by atoms with E-state index in [-0.39, 0.29) is 0 Å².